The molecule has 1 N–H and O–H groups in total. The lowest BCUT2D eigenvalue weighted by Gasteiger charge is -2.26. The normalized spacial score (nSPS) is 15.0. The summed E-state index contributed by atoms with van der Waals surface area (Å²) in [6, 6.07) is 3.42. The van der Waals surface area contributed by atoms with E-state index < -0.39 is 0 Å². The third-order valence-corrected chi connectivity index (χ3v) is 5.08. The third-order valence-electron chi connectivity index (χ3n) is 4.13. The highest BCUT2D eigenvalue weighted by molar-refractivity contribution is 7.99. The summed E-state index contributed by atoms with van der Waals surface area (Å²) in [6.07, 6.45) is 0. The Bertz CT molecular complexity index is 805. The number of carbonyl (C=O) groups is 1. The zero-order chi connectivity index (χ0) is 16.6. The number of urea groups is 1. The minimum atomic E-state index is -0.135. The van der Waals surface area contributed by atoms with Crippen LogP contribution < -0.4 is 15.7 Å². The second-order valence-electron chi connectivity index (χ2n) is 5.47. The molecule has 0 saturated carbocycles. The molecule has 0 radical (unpaired) electrons. The van der Waals surface area contributed by atoms with Crippen molar-refractivity contribution < 1.29 is 9.53 Å². The fourth-order valence-corrected chi connectivity index (χ4v) is 3.66. The van der Waals surface area contributed by atoms with Crippen molar-refractivity contribution in [2.45, 2.75) is 0 Å². The molecule has 7 nitrogen and oxygen atoms in total. The molecule has 1 aliphatic rings. The molecule has 3 rings (SSSR count). The van der Waals surface area contributed by atoms with E-state index in [2.05, 4.69) is 5.32 Å². The van der Waals surface area contributed by atoms with Gasteiger partial charge in [-0.05, 0) is 6.07 Å². The Morgan fingerprint density at radius 3 is 2.39 bits per heavy atom. The SMILES string of the molecule is COc1cc2c(cc1NC(=O)N1CCSCC1)n(C)c(=O)n2C. The first-order valence-electron chi connectivity index (χ1n) is 7.40. The van der Waals surface area contributed by atoms with Crippen molar-refractivity contribution >= 4 is 34.5 Å². The standard InChI is InChI=1S/C15H20N4O3S/c1-17-11-8-10(16-14(20)19-4-6-23-7-5-19)13(22-3)9-12(11)18(2)15(17)21/h8-9H,4-7H2,1-3H3,(H,16,20). The highest BCUT2D eigenvalue weighted by Crippen LogP contribution is 2.30. The summed E-state index contributed by atoms with van der Waals surface area (Å²) in [5.74, 6) is 2.45. The van der Waals surface area contributed by atoms with Crippen LogP contribution in [0.1, 0.15) is 0 Å². The third kappa shape index (κ3) is 2.78. The van der Waals surface area contributed by atoms with E-state index in [0.717, 1.165) is 35.6 Å². The van der Waals surface area contributed by atoms with Crippen molar-refractivity contribution in [3.8, 4) is 5.75 Å². The van der Waals surface area contributed by atoms with Crippen LogP contribution in [0.4, 0.5) is 10.5 Å². The summed E-state index contributed by atoms with van der Waals surface area (Å²) in [7, 11) is 4.98. The molecule has 2 heterocycles. The van der Waals surface area contributed by atoms with Gasteiger partial charge in [-0.25, -0.2) is 9.59 Å². The summed E-state index contributed by atoms with van der Waals surface area (Å²) >= 11 is 1.85. The molecule has 1 aromatic heterocycles. The highest BCUT2D eigenvalue weighted by atomic mass is 32.2. The number of aryl methyl sites for hydroxylation is 2. The average Bonchev–Trinajstić information content (AvgIpc) is 2.79. The summed E-state index contributed by atoms with van der Waals surface area (Å²) in [4.78, 5) is 26.3. The largest absolute Gasteiger partial charge is 0.494 e. The van der Waals surface area contributed by atoms with E-state index in [1.54, 1.807) is 47.4 Å². The Morgan fingerprint density at radius 2 is 1.78 bits per heavy atom. The minimum Gasteiger partial charge on any atom is -0.494 e. The van der Waals surface area contributed by atoms with Crippen LogP contribution >= 0.6 is 11.8 Å². The number of carbonyl (C=O) groups excluding carboxylic acids is 1. The van der Waals surface area contributed by atoms with E-state index >= 15 is 0 Å². The first-order chi connectivity index (χ1) is 11.0. The van der Waals surface area contributed by atoms with Crippen LogP contribution in [0.25, 0.3) is 11.0 Å². The summed E-state index contributed by atoms with van der Waals surface area (Å²) < 4.78 is 8.50. The number of imidazole rings is 1. The molecule has 124 valence electrons. The number of aromatic nitrogens is 2. The number of nitrogens with one attached hydrogen (secondary N) is 1. The van der Waals surface area contributed by atoms with Crippen LogP contribution in [0.15, 0.2) is 16.9 Å². The molecule has 8 heteroatoms. The monoisotopic (exact) mass is 336 g/mol. The van der Waals surface area contributed by atoms with Gasteiger partial charge in [0.25, 0.3) is 0 Å². The Balaban J connectivity index is 1.97. The maximum absolute atomic E-state index is 12.4. The molecule has 0 spiro atoms. The lowest BCUT2D eigenvalue weighted by atomic mass is 10.2. The van der Waals surface area contributed by atoms with Crippen LogP contribution in [-0.4, -0.2) is 51.8 Å². The van der Waals surface area contributed by atoms with Gasteiger partial charge in [0.1, 0.15) is 5.75 Å². The molecule has 1 saturated heterocycles. The van der Waals surface area contributed by atoms with Gasteiger partial charge in [0.2, 0.25) is 0 Å². The van der Waals surface area contributed by atoms with E-state index in [1.807, 2.05) is 11.8 Å². The number of hydrogen-bond donors (Lipinski definition) is 1. The predicted molar refractivity (Wildman–Crippen MR) is 92.6 cm³/mol. The average molecular weight is 336 g/mol. The van der Waals surface area contributed by atoms with E-state index in [-0.39, 0.29) is 11.7 Å². The van der Waals surface area contributed by atoms with E-state index in [1.165, 1.54) is 0 Å². The zero-order valence-electron chi connectivity index (χ0n) is 13.5. The summed E-state index contributed by atoms with van der Waals surface area (Å²) in [5.41, 5.74) is 1.98. The fraction of sp³-hybridized carbons (Fsp3) is 0.467. The van der Waals surface area contributed by atoms with Crippen molar-refractivity contribution in [3.63, 3.8) is 0 Å². The molecule has 2 aromatic rings. The number of thioether (sulfide) groups is 1. The number of amides is 2. The summed E-state index contributed by atoms with van der Waals surface area (Å²) in [5, 5.41) is 2.91. The van der Waals surface area contributed by atoms with Gasteiger partial charge in [-0.3, -0.25) is 9.13 Å². The molecule has 23 heavy (non-hydrogen) atoms. The predicted octanol–water partition coefficient (Wildman–Crippen LogP) is 1.47. The molecule has 1 aliphatic heterocycles. The number of methoxy groups -OCH3 is 1. The number of anilines is 1. The lowest BCUT2D eigenvalue weighted by Crippen LogP contribution is -2.40. The van der Waals surface area contributed by atoms with Crippen LogP contribution in [0, 0.1) is 0 Å². The molecular weight excluding hydrogens is 316 g/mol. The maximum Gasteiger partial charge on any atom is 0.328 e. The van der Waals surface area contributed by atoms with Crippen LogP contribution in [0.2, 0.25) is 0 Å². The molecule has 1 fully saturated rings. The minimum absolute atomic E-state index is 0.112. The second kappa shape index (κ2) is 6.19. The van der Waals surface area contributed by atoms with Crippen molar-refractivity contribution in [3.05, 3.63) is 22.6 Å². The van der Waals surface area contributed by atoms with Gasteiger partial charge in [-0.1, -0.05) is 0 Å². The Kier molecular flexibility index (Phi) is 4.25. The quantitative estimate of drug-likeness (QED) is 0.902. The van der Waals surface area contributed by atoms with E-state index in [0.29, 0.717) is 11.4 Å². The fourth-order valence-electron chi connectivity index (χ4n) is 2.75. The number of fused-ring (bicyclic) bond motifs is 1. The number of ether oxygens (including phenoxy) is 1. The second-order valence-corrected chi connectivity index (χ2v) is 6.70. The number of hydrogen-bond acceptors (Lipinski definition) is 4. The van der Waals surface area contributed by atoms with Crippen LogP contribution in [0.3, 0.4) is 0 Å². The number of benzene rings is 1. The zero-order valence-corrected chi connectivity index (χ0v) is 14.3. The molecule has 0 aliphatic carbocycles. The van der Waals surface area contributed by atoms with Gasteiger partial charge >= 0.3 is 11.7 Å². The first-order valence-corrected chi connectivity index (χ1v) is 8.55. The number of nitrogens with zero attached hydrogens (tertiary/aromatic N) is 3. The summed E-state index contributed by atoms with van der Waals surface area (Å²) in [6.45, 7) is 1.48. The molecule has 2 amide bonds. The molecule has 1 aromatic carbocycles. The van der Waals surface area contributed by atoms with Gasteiger partial charge in [-0.15, -0.1) is 0 Å². The molecular formula is C15H20N4O3S. The van der Waals surface area contributed by atoms with E-state index in [4.69, 9.17) is 4.74 Å². The molecule has 0 unspecified atom stereocenters. The maximum atomic E-state index is 12.4. The van der Waals surface area contributed by atoms with Crippen molar-refractivity contribution in [2.75, 3.05) is 37.0 Å². The van der Waals surface area contributed by atoms with Crippen molar-refractivity contribution in [1.29, 1.82) is 0 Å². The Hall–Kier alpha value is -2.09. The first kappa shape index (κ1) is 15.8. The lowest BCUT2D eigenvalue weighted by molar-refractivity contribution is 0.217. The highest BCUT2D eigenvalue weighted by Gasteiger charge is 2.19. The van der Waals surface area contributed by atoms with Gasteiger partial charge in [0.15, 0.2) is 0 Å². The Morgan fingerprint density at radius 1 is 1.17 bits per heavy atom. The van der Waals surface area contributed by atoms with Crippen LogP contribution in [0.5, 0.6) is 5.75 Å². The van der Waals surface area contributed by atoms with Gasteiger partial charge in [0.05, 0.1) is 23.8 Å². The van der Waals surface area contributed by atoms with Gasteiger partial charge in [-0.2, -0.15) is 11.8 Å². The Labute approximate surface area is 138 Å². The van der Waals surface area contributed by atoms with Crippen molar-refractivity contribution in [2.24, 2.45) is 14.1 Å². The van der Waals surface area contributed by atoms with Crippen molar-refractivity contribution in [1.82, 2.24) is 14.0 Å². The number of rotatable bonds is 2. The molecule has 0 atom stereocenters. The smallest absolute Gasteiger partial charge is 0.328 e. The van der Waals surface area contributed by atoms with E-state index in [9.17, 15) is 9.59 Å². The van der Waals surface area contributed by atoms with Crippen LogP contribution in [-0.2, 0) is 14.1 Å². The molecule has 0 bridgehead atoms. The van der Waals surface area contributed by atoms with Gasteiger partial charge < -0.3 is 15.0 Å². The van der Waals surface area contributed by atoms with Gasteiger partial charge in [0, 0.05) is 44.8 Å². The topological polar surface area (TPSA) is 68.5 Å².